The van der Waals surface area contributed by atoms with Gasteiger partial charge in [0.15, 0.2) is 0 Å². The molecule has 0 aliphatic rings. The topological polar surface area (TPSA) is 43.8 Å². The number of benzene rings is 2. The molecule has 96 valence electrons. The van der Waals surface area contributed by atoms with E-state index in [-0.39, 0.29) is 0 Å². The number of rotatable bonds is 2. The SMILES string of the molecule is Cc1ccc2nc(N)n(Cc3cccc(Br)c3)c2c1. The summed E-state index contributed by atoms with van der Waals surface area (Å²) in [5.74, 6) is 0.556. The molecule has 0 saturated heterocycles. The summed E-state index contributed by atoms with van der Waals surface area (Å²) in [6.45, 7) is 2.80. The molecule has 3 rings (SSSR count). The van der Waals surface area contributed by atoms with Crippen LogP contribution in [0.3, 0.4) is 0 Å². The van der Waals surface area contributed by atoms with Crippen LogP contribution in [0.2, 0.25) is 0 Å². The van der Waals surface area contributed by atoms with Gasteiger partial charge in [-0.15, -0.1) is 0 Å². The molecule has 0 spiro atoms. The Morgan fingerprint density at radius 2 is 2.05 bits per heavy atom. The lowest BCUT2D eigenvalue weighted by atomic mass is 10.2. The molecule has 0 aliphatic heterocycles. The Kier molecular flexibility index (Phi) is 3.03. The van der Waals surface area contributed by atoms with E-state index >= 15 is 0 Å². The Hall–Kier alpha value is -1.81. The van der Waals surface area contributed by atoms with Gasteiger partial charge in [-0.25, -0.2) is 4.98 Å². The third-order valence-electron chi connectivity index (χ3n) is 3.16. The van der Waals surface area contributed by atoms with Gasteiger partial charge in [0.2, 0.25) is 5.95 Å². The van der Waals surface area contributed by atoms with Gasteiger partial charge in [0.1, 0.15) is 0 Å². The fourth-order valence-corrected chi connectivity index (χ4v) is 2.68. The third kappa shape index (κ3) is 2.36. The maximum Gasteiger partial charge on any atom is 0.201 e. The van der Waals surface area contributed by atoms with Crippen LogP contribution in [0.5, 0.6) is 0 Å². The highest BCUT2D eigenvalue weighted by molar-refractivity contribution is 9.10. The number of halogens is 1. The number of imidazole rings is 1. The van der Waals surface area contributed by atoms with Crippen molar-refractivity contribution in [3.05, 3.63) is 58.1 Å². The first-order chi connectivity index (χ1) is 9.13. The fraction of sp³-hybridized carbons (Fsp3) is 0.133. The van der Waals surface area contributed by atoms with Crippen molar-refractivity contribution in [3.8, 4) is 0 Å². The molecule has 0 atom stereocenters. The Balaban J connectivity index is 2.09. The molecule has 2 N–H and O–H groups in total. The van der Waals surface area contributed by atoms with Crippen LogP contribution in [0.15, 0.2) is 46.9 Å². The maximum absolute atomic E-state index is 6.03. The molecule has 0 radical (unpaired) electrons. The zero-order chi connectivity index (χ0) is 13.4. The molecular formula is C15H14BrN3. The lowest BCUT2D eigenvalue weighted by Gasteiger charge is -2.07. The monoisotopic (exact) mass is 315 g/mol. The van der Waals surface area contributed by atoms with E-state index in [4.69, 9.17) is 5.73 Å². The first kappa shape index (κ1) is 12.2. The van der Waals surface area contributed by atoms with Crippen molar-refractivity contribution in [1.29, 1.82) is 0 Å². The number of fused-ring (bicyclic) bond motifs is 1. The van der Waals surface area contributed by atoms with Gasteiger partial charge in [0.25, 0.3) is 0 Å². The number of anilines is 1. The summed E-state index contributed by atoms with van der Waals surface area (Å²) in [5.41, 5.74) is 10.5. The zero-order valence-corrected chi connectivity index (χ0v) is 12.2. The molecule has 19 heavy (non-hydrogen) atoms. The van der Waals surface area contributed by atoms with Gasteiger partial charge >= 0.3 is 0 Å². The fourth-order valence-electron chi connectivity index (χ4n) is 2.24. The number of hydrogen-bond donors (Lipinski definition) is 1. The lowest BCUT2D eigenvalue weighted by molar-refractivity contribution is 0.837. The van der Waals surface area contributed by atoms with Crippen molar-refractivity contribution in [2.24, 2.45) is 0 Å². The summed E-state index contributed by atoms with van der Waals surface area (Å²) in [4.78, 5) is 4.40. The summed E-state index contributed by atoms with van der Waals surface area (Å²) >= 11 is 3.49. The van der Waals surface area contributed by atoms with Crippen molar-refractivity contribution in [2.45, 2.75) is 13.5 Å². The van der Waals surface area contributed by atoms with Crippen molar-refractivity contribution >= 4 is 32.9 Å². The second-order valence-corrected chi connectivity index (χ2v) is 5.59. The van der Waals surface area contributed by atoms with Gasteiger partial charge in [-0.2, -0.15) is 0 Å². The molecule has 0 aliphatic carbocycles. The standard InChI is InChI=1S/C15H14BrN3/c1-10-5-6-13-14(7-10)19(15(17)18-13)9-11-3-2-4-12(16)8-11/h2-8H,9H2,1H3,(H2,17,18). The minimum atomic E-state index is 0.556. The zero-order valence-electron chi connectivity index (χ0n) is 10.6. The molecular weight excluding hydrogens is 302 g/mol. The van der Waals surface area contributed by atoms with Crippen molar-refractivity contribution in [1.82, 2.24) is 9.55 Å². The van der Waals surface area contributed by atoms with E-state index in [1.54, 1.807) is 0 Å². The highest BCUT2D eigenvalue weighted by Gasteiger charge is 2.08. The molecule has 0 fully saturated rings. The second kappa shape index (κ2) is 4.70. The predicted octanol–water partition coefficient (Wildman–Crippen LogP) is 3.74. The molecule has 2 aromatic carbocycles. The highest BCUT2D eigenvalue weighted by Crippen LogP contribution is 2.21. The van der Waals surface area contributed by atoms with E-state index in [9.17, 15) is 0 Å². The lowest BCUT2D eigenvalue weighted by Crippen LogP contribution is -2.04. The van der Waals surface area contributed by atoms with Gasteiger partial charge in [-0.05, 0) is 42.3 Å². The van der Waals surface area contributed by atoms with Crippen LogP contribution in [0, 0.1) is 6.92 Å². The molecule has 0 amide bonds. The summed E-state index contributed by atoms with van der Waals surface area (Å²) in [6.07, 6.45) is 0. The van der Waals surface area contributed by atoms with Gasteiger partial charge in [0, 0.05) is 4.47 Å². The average Bonchev–Trinajstić information content (AvgIpc) is 2.66. The number of nitrogen functional groups attached to an aromatic ring is 1. The van der Waals surface area contributed by atoms with Crippen LogP contribution >= 0.6 is 15.9 Å². The van der Waals surface area contributed by atoms with E-state index in [0.717, 1.165) is 22.1 Å². The predicted molar refractivity (Wildman–Crippen MR) is 82.1 cm³/mol. The van der Waals surface area contributed by atoms with Crippen LogP contribution in [-0.2, 0) is 6.54 Å². The Bertz CT molecular complexity index is 746. The van der Waals surface area contributed by atoms with Crippen LogP contribution in [0.25, 0.3) is 11.0 Å². The van der Waals surface area contributed by atoms with Gasteiger partial charge in [-0.3, -0.25) is 0 Å². The Labute approximate surface area is 120 Å². The van der Waals surface area contributed by atoms with Gasteiger partial charge in [0.05, 0.1) is 17.6 Å². The van der Waals surface area contributed by atoms with Crippen LogP contribution < -0.4 is 5.73 Å². The smallest absolute Gasteiger partial charge is 0.201 e. The van der Waals surface area contributed by atoms with E-state index in [2.05, 4.69) is 52.1 Å². The van der Waals surface area contributed by atoms with Crippen molar-refractivity contribution in [3.63, 3.8) is 0 Å². The summed E-state index contributed by atoms with van der Waals surface area (Å²) < 4.78 is 3.12. The molecule has 3 aromatic rings. The number of nitrogens with two attached hydrogens (primary N) is 1. The van der Waals surface area contributed by atoms with Crippen LogP contribution in [-0.4, -0.2) is 9.55 Å². The van der Waals surface area contributed by atoms with E-state index in [0.29, 0.717) is 5.95 Å². The van der Waals surface area contributed by atoms with Crippen LogP contribution in [0.4, 0.5) is 5.95 Å². The molecule has 0 bridgehead atoms. The quantitative estimate of drug-likeness (QED) is 0.783. The largest absolute Gasteiger partial charge is 0.369 e. The Morgan fingerprint density at radius 3 is 2.84 bits per heavy atom. The molecule has 1 aromatic heterocycles. The molecule has 0 saturated carbocycles. The second-order valence-electron chi connectivity index (χ2n) is 4.68. The first-order valence-electron chi connectivity index (χ1n) is 6.10. The highest BCUT2D eigenvalue weighted by atomic mass is 79.9. The number of aryl methyl sites for hydroxylation is 1. The molecule has 4 heteroatoms. The molecule has 1 heterocycles. The molecule has 3 nitrogen and oxygen atoms in total. The van der Waals surface area contributed by atoms with Gasteiger partial charge in [-0.1, -0.05) is 34.1 Å². The summed E-state index contributed by atoms with van der Waals surface area (Å²) in [7, 11) is 0. The first-order valence-corrected chi connectivity index (χ1v) is 6.89. The minimum absolute atomic E-state index is 0.556. The maximum atomic E-state index is 6.03. The Morgan fingerprint density at radius 1 is 1.21 bits per heavy atom. The number of nitrogens with zero attached hydrogens (tertiary/aromatic N) is 2. The van der Waals surface area contributed by atoms with Crippen LogP contribution in [0.1, 0.15) is 11.1 Å². The molecule has 0 unspecified atom stereocenters. The normalized spacial score (nSPS) is 11.1. The summed E-state index contributed by atoms with van der Waals surface area (Å²) in [5, 5.41) is 0. The van der Waals surface area contributed by atoms with Crippen molar-refractivity contribution in [2.75, 3.05) is 5.73 Å². The summed E-state index contributed by atoms with van der Waals surface area (Å²) in [6, 6.07) is 14.4. The third-order valence-corrected chi connectivity index (χ3v) is 3.66. The number of aromatic nitrogens is 2. The minimum Gasteiger partial charge on any atom is -0.369 e. The van der Waals surface area contributed by atoms with E-state index < -0.39 is 0 Å². The average molecular weight is 316 g/mol. The van der Waals surface area contributed by atoms with E-state index in [1.807, 2.05) is 22.8 Å². The van der Waals surface area contributed by atoms with Gasteiger partial charge < -0.3 is 10.3 Å². The number of hydrogen-bond acceptors (Lipinski definition) is 2. The van der Waals surface area contributed by atoms with Crippen molar-refractivity contribution < 1.29 is 0 Å². The van der Waals surface area contributed by atoms with E-state index in [1.165, 1.54) is 11.1 Å².